The molecule has 5 nitrogen and oxygen atoms in total. The van der Waals surface area contributed by atoms with E-state index in [-0.39, 0.29) is 11.4 Å². The Kier molecular flexibility index (Phi) is 5.04. The maximum atomic E-state index is 13.9. The molecule has 0 spiro atoms. The third kappa shape index (κ3) is 4.07. The zero-order valence-electron chi connectivity index (χ0n) is 11.7. The van der Waals surface area contributed by atoms with Gasteiger partial charge in [0.2, 0.25) is 10.0 Å². The minimum absolute atomic E-state index is 0.0541. The van der Waals surface area contributed by atoms with Crippen LogP contribution >= 0.6 is 11.3 Å². The van der Waals surface area contributed by atoms with Gasteiger partial charge in [-0.2, -0.15) is 0 Å². The molecule has 0 aliphatic carbocycles. The lowest BCUT2D eigenvalue weighted by molar-refractivity contribution is 0.555. The predicted molar refractivity (Wildman–Crippen MR) is 80.0 cm³/mol. The zero-order chi connectivity index (χ0) is 15.5. The Hall–Kier alpha value is -1.35. The van der Waals surface area contributed by atoms with Gasteiger partial charge in [0.1, 0.15) is 15.7 Å². The summed E-state index contributed by atoms with van der Waals surface area (Å²) in [5.74, 6) is -0.759. The van der Waals surface area contributed by atoms with Crippen LogP contribution < -0.4 is 10.0 Å². The molecule has 0 radical (unpaired) electrons. The van der Waals surface area contributed by atoms with E-state index in [1.165, 1.54) is 23.5 Å². The van der Waals surface area contributed by atoms with E-state index in [0.717, 1.165) is 5.69 Å². The van der Waals surface area contributed by atoms with Crippen LogP contribution in [0.1, 0.15) is 16.3 Å². The summed E-state index contributed by atoms with van der Waals surface area (Å²) in [4.78, 5) is 3.81. The van der Waals surface area contributed by atoms with Crippen LogP contribution in [0.2, 0.25) is 0 Å². The number of halogens is 1. The van der Waals surface area contributed by atoms with Gasteiger partial charge in [0.05, 0.1) is 6.54 Å². The van der Waals surface area contributed by atoms with Crippen LogP contribution in [0.3, 0.4) is 0 Å². The Balaban J connectivity index is 2.15. The van der Waals surface area contributed by atoms with E-state index in [4.69, 9.17) is 0 Å². The summed E-state index contributed by atoms with van der Waals surface area (Å²) >= 11 is 1.36. The van der Waals surface area contributed by atoms with E-state index >= 15 is 0 Å². The molecule has 0 saturated carbocycles. The van der Waals surface area contributed by atoms with Gasteiger partial charge in [-0.05, 0) is 31.7 Å². The second-order valence-electron chi connectivity index (χ2n) is 4.50. The SMILES string of the molecule is CNCc1ccc(S(=O)(=O)NCc2nc(C)cs2)c(F)c1. The van der Waals surface area contributed by atoms with Gasteiger partial charge in [-0.1, -0.05) is 6.07 Å². The minimum atomic E-state index is -3.89. The molecule has 0 unspecified atom stereocenters. The molecule has 2 N–H and O–H groups in total. The third-order valence-corrected chi connectivity index (χ3v) is 5.15. The van der Waals surface area contributed by atoms with Crippen molar-refractivity contribution in [2.45, 2.75) is 24.9 Å². The molecule has 0 atom stereocenters. The highest BCUT2D eigenvalue weighted by atomic mass is 32.2. The normalized spacial score (nSPS) is 11.8. The fraction of sp³-hybridized carbons (Fsp3) is 0.308. The number of thiazole rings is 1. The van der Waals surface area contributed by atoms with Crippen LogP contribution in [0.15, 0.2) is 28.5 Å². The molecule has 0 fully saturated rings. The van der Waals surface area contributed by atoms with Crippen LogP contribution in [0.4, 0.5) is 4.39 Å². The summed E-state index contributed by atoms with van der Waals surface area (Å²) in [6.45, 7) is 2.36. The zero-order valence-corrected chi connectivity index (χ0v) is 13.3. The van der Waals surface area contributed by atoms with E-state index in [0.29, 0.717) is 17.1 Å². The molecule has 1 aromatic carbocycles. The maximum Gasteiger partial charge on any atom is 0.243 e. The highest BCUT2D eigenvalue weighted by molar-refractivity contribution is 7.89. The molecular weight excluding hydrogens is 313 g/mol. The number of sulfonamides is 1. The van der Waals surface area contributed by atoms with Crippen LogP contribution in [0.5, 0.6) is 0 Å². The molecule has 0 aliphatic rings. The molecule has 21 heavy (non-hydrogen) atoms. The van der Waals surface area contributed by atoms with E-state index in [2.05, 4.69) is 15.0 Å². The lowest BCUT2D eigenvalue weighted by Crippen LogP contribution is -2.24. The second kappa shape index (κ2) is 6.61. The molecular formula is C13H16FN3O2S2. The van der Waals surface area contributed by atoms with Crippen molar-refractivity contribution < 1.29 is 12.8 Å². The first-order valence-electron chi connectivity index (χ1n) is 6.26. The Labute approximate surface area is 127 Å². The van der Waals surface area contributed by atoms with Crippen molar-refractivity contribution >= 4 is 21.4 Å². The van der Waals surface area contributed by atoms with Crippen molar-refractivity contribution in [1.82, 2.24) is 15.0 Å². The van der Waals surface area contributed by atoms with Gasteiger partial charge in [0, 0.05) is 17.6 Å². The first-order valence-corrected chi connectivity index (χ1v) is 8.62. The summed E-state index contributed by atoms with van der Waals surface area (Å²) < 4.78 is 40.5. The molecule has 1 heterocycles. The molecule has 2 rings (SSSR count). The quantitative estimate of drug-likeness (QED) is 0.847. The number of nitrogens with zero attached hydrogens (tertiary/aromatic N) is 1. The van der Waals surface area contributed by atoms with Gasteiger partial charge < -0.3 is 5.32 Å². The number of nitrogens with one attached hydrogen (secondary N) is 2. The summed E-state index contributed by atoms with van der Waals surface area (Å²) in [6.07, 6.45) is 0. The second-order valence-corrected chi connectivity index (χ2v) is 7.18. The van der Waals surface area contributed by atoms with E-state index in [9.17, 15) is 12.8 Å². The largest absolute Gasteiger partial charge is 0.316 e. The number of hydrogen-bond donors (Lipinski definition) is 2. The fourth-order valence-electron chi connectivity index (χ4n) is 1.79. The Morgan fingerprint density at radius 2 is 2.10 bits per heavy atom. The monoisotopic (exact) mass is 329 g/mol. The van der Waals surface area contributed by atoms with E-state index in [1.54, 1.807) is 13.1 Å². The van der Waals surface area contributed by atoms with Gasteiger partial charge in [-0.15, -0.1) is 11.3 Å². The van der Waals surface area contributed by atoms with Crippen LogP contribution in [-0.4, -0.2) is 20.4 Å². The third-order valence-electron chi connectivity index (χ3n) is 2.75. The molecule has 0 aliphatic heterocycles. The maximum absolute atomic E-state index is 13.9. The van der Waals surface area contributed by atoms with Gasteiger partial charge in [-0.3, -0.25) is 0 Å². The Morgan fingerprint density at radius 3 is 2.67 bits per heavy atom. The summed E-state index contributed by atoms with van der Waals surface area (Å²) in [5.41, 5.74) is 1.52. The molecule has 0 bridgehead atoms. The first kappa shape index (κ1) is 16.0. The lowest BCUT2D eigenvalue weighted by Gasteiger charge is -2.08. The summed E-state index contributed by atoms with van der Waals surface area (Å²) in [5, 5.41) is 5.35. The van der Waals surface area contributed by atoms with Crippen molar-refractivity contribution in [3.05, 3.63) is 45.7 Å². The molecule has 114 valence electrons. The smallest absolute Gasteiger partial charge is 0.243 e. The van der Waals surface area contributed by atoms with E-state index in [1.807, 2.05) is 12.3 Å². The van der Waals surface area contributed by atoms with Gasteiger partial charge in [-0.25, -0.2) is 22.5 Å². The van der Waals surface area contributed by atoms with Crippen molar-refractivity contribution in [2.75, 3.05) is 7.05 Å². The standard InChI is InChI=1S/C13H16FN3O2S2/c1-9-8-20-13(17-9)7-16-21(18,19)12-4-3-10(6-15-2)5-11(12)14/h3-5,8,15-16H,6-7H2,1-2H3. The highest BCUT2D eigenvalue weighted by Crippen LogP contribution is 2.17. The first-order chi connectivity index (χ1) is 9.92. The average molecular weight is 329 g/mol. The van der Waals surface area contributed by atoms with Crippen LogP contribution in [0, 0.1) is 12.7 Å². The van der Waals surface area contributed by atoms with E-state index < -0.39 is 15.8 Å². The van der Waals surface area contributed by atoms with Crippen LogP contribution in [0.25, 0.3) is 0 Å². The number of rotatable bonds is 6. The van der Waals surface area contributed by atoms with Gasteiger partial charge in [0.25, 0.3) is 0 Å². The van der Waals surface area contributed by atoms with Crippen molar-refractivity contribution in [3.63, 3.8) is 0 Å². The Bertz CT molecular complexity index is 729. The molecule has 1 aromatic heterocycles. The average Bonchev–Trinajstić information content (AvgIpc) is 2.83. The fourth-order valence-corrected chi connectivity index (χ4v) is 3.64. The van der Waals surface area contributed by atoms with Crippen LogP contribution in [-0.2, 0) is 23.1 Å². The number of hydrogen-bond acceptors (Lipinski definition) is 5. The molecule has 8 heteroatoms. The minimum Gasteiger partial charge on any atom is -0.316 e. The van der Waals surface area contributed by atoms with Gasteiger partial charge in [0.15, 0.2) is 0 Å². The molecule has 0 amide bonds. The van der Waals surface area contributed by atoms with Crippen molar-refractivity contribution in [3.8, 4) is 0 Å². The topological polar surface area (TPSA) is 71.1 Å². The Morgan fingerprint density at radius 1 is 1.33 bits per heavy atom. The summed E-state index contributed by atoms with van der Waals surface area (Å²) in [7, 11) is -2.15. The van der Waals surface area contributed by atoms with Crippen molar-refractivity contribution in [2.24, 2.45) is 0 Å². The molecule has 0 saturated heterocycles. The van der Waals surface area contributed by atoms with Gasteiger partial charge >= 0.3 is 0 Å². The van der Waals surface area contributed by atoms with Crippen molar-refractivity contribution in [1.29, 1.82) is 0 Å². The number of aromatic nitrogens is 1. The summed E-state index contributed by atoms with van der Waals surface area (Å²) in [6, 6.07) is 4.08. The lowest BCUT2D eigenvalue weighted by atomic mass is 10.2. The number of aryl methyl sites for hydroxylation is 1. The predicted octanol–water partition coefficient (Wildman–Crippen LogP) is 1.79. The number of benzene rings is 1. The molecule has 2 aromatic rings. The highest BCUT2D eigenvalue weighted by Gasteiger charge is 2.19.